The maximum absolute atomic E-state index is 12.6. The van der Waals surface area contributed by atoms with Crippen molar-refractivity contribution < 1.29 is 14.3 Å². The summed E-state index contributed by atoms with van der Waals surface area (Å²) in [6, 6.07) is 10.5. The maximum Gasteiger partial charge on any atom is 0.407 e. The van der Waals surface area contributed by atoms with Crippen molar-refractivity contribution in [1.29, 1.82) is 0 Å². The van der Waals surface area contributed by atoms with Gasteiger partial charge in [0.25, 0.3) is 0 Å². The first-order valence-corrected chi connectivity index (χ1v) is 10.3. The van der Waals surface area contributed by atoms with Crippen LogP contribution in [-0.2, 0) is 17.6 Å². The Labute approximate surface area is 164 Å². The molecule has 0 radical (unpaired) electrons. The number of hydrogen-bond acceptors (Lipinski definition) is 4. The Balaban J connectivity index is 1.51. The summed E-state index contributed by atoms with van der Waals surface area (Å²) in [6.45, 7) is 6.54. The zero-order valence-corrected chi connectivity index (χ0v) is 17.1. The first-order valence-electron chi connectivity index (χ1n) is 9.48. The van der Waals surface area contributed by atoms with Crippen molar-refractivity contribution in [2.45, 2.75) is 58.4 Å². The minimum atomic E-state index is -0.343. The number of aryl methyl sites for hydroxylation is 4. The van der Waals surface area contributed by atoms with Crippen LogP contribution < -0.4 is 5.32 Å². The van der Waals surface area contributed by atoms with E-state index in [0.29, 0.717) is 13.0 Å². The summed E-state index contributed by atoms with van der Waals surface area (Å²) in [4.78, 5) is 25.9. The molecule has 1 aromatic heterocycles. The number of ether oxygens (including phenoxy) is 1. The second-order valence-corrected chi connectivity index (χ2v) is 8.88. The van der Waals surface area contributed by atoms with Crippen LogP contribution in [0.15, 0.2) is 30.3 Å². The third kappa shape index (κ3) is 5.19. The monoisotopic (exact) mass is 385 g/mol. The summed E-state index contributed by atoms with van der Waals surface area (Å²) in [5.74, 6) is 0.227. The fourth-order valence-corrected chi connectivity index (χ4v) is 4.45. The fraction of sp³-hybridized carbons (Fsp3) is 0.455. The second kappa shape index (κ2) is 8.26. The van der Waals surface area contributed by atoms with Crippen LogP contribution in [0, 0.1) is 13.8 Å². The number of cyclic esters (lactones) is 1. The Hall–Kier alpha value is -2.14. The smallest absolute Gasteiger partial charge is 0.407 e. The van der Waals surface area contributed by atoms with E-state index in [1.54, 1.807) is 11.3 Å². The van der Waals surface area contributed by atoms with Gasteiger partial charge in [0.1, 0.15) is 6.61 Å². The van der Waals surface area contributed by atoms with Crippen LogP contribution in [0.5, 0.6) is 0 Å². The van der Waals surface area contributed by atoms with Crippen molar-refractivity contribution >= 4 is 23.2 Å². The van der Waals surface area contributed by atoms with Gasteiger partial charge in [0, 0.05) is 11.3 Å². The van der Waals surface area contributed by atoms with Gasteiger partial charge in [-0.05, 0) is 63.6 Å². The second-order valence-electron chi connectivity index (χ2n) is 7.74. The van der Waals surface area contributed by atoms with Crippen molar-refractivity contribution in [1.82, 2.24) is 5.32 Å². The van der Waals surface area contributed by atoms with Crippen LogP contribution in [0.4, 0.5) is 4.79 Å². The average Bonchev–Trinajstić information content (AvgIpc) is 3.17. The highest BCUT2D eigenvalue weighted by Gasteiger charge is 2.34. The predicted molar refractivity (Wildman–Crippen MR) is 109 cm³/mol. The van der Waals surface area contributed by atoms with Gasteiger partial charge in [0.15, 0.2) is 5.78 Å². The number of carbonyl (C=O) groups is 2. The van der Waals surface area contributed by atoms with E-state index in [4.69, 9.17) is 4.74 Å². The topological polar surface area (TPSA) is 55.4 Å². The molecule has 144 valence electrons. The number of nitrogens with one attached hydrogen (secondary N) is 1. The minimum Gasteiger partial charge on any atom is -0.447 e. The molecular formula is C22H27NO3S. The van der Waals surface area contributed by atoms with E-state index in [9.17, 15) is 9.59 Å². The third-order valence-corrected chi connectivity index (χ3v) is 6.45. The Morgan fingerprint density at radius 2 is 1.96 bits per heavy atom. The molecule has 1 N–H and O–H groups in total. The highest BCUT2D eigenvalue weighted by atomic mass is 32.1. The van der Waals surface area contributed by atoms with Crippen LogP contribution in [0.2, 0.25) is 0 Å². The lowest BCUT2D eigenvalue weighted by atomic mass is 9.96. The van der Waals surface area contributed by atoms with E-state index >= 15 is 0 Å². The zero-order valence-electron chi connectivity index (χ0n) is 16.3. The molecular weight excluding hydrogens is 358 g/mol. The van der Waals surface area contributed by atoms with Crippen LogP contribution in [0.25, 0.3) is 0 Å². The Morgan fingerprint density at radius 1 is 1.22 bits per heavy atom. The lowest BCUT2D eigenvalue weighted by molar-refractivity contribution is 0.0984. The lowest BCUT2D eigenvalue weighted by Gasteiger charge is -2.20. The molecule has 1 amide bonds. The molecule has 2 aromatic rings. The van der Waals surface area contributed by atoms with Crippen molar-refractivity contribution in [2.75, 3.05) is 6.61 Å². The molecule has 1 aliphatic rings. The number of alkyl carbamates (subject to hydrolysis) is 1. The molecule has 4 nitrogen and oxygen atoms in total. The van der Waals surface area contributed by atoms with Crippen molar-refractivity contribution in [3.63, 3.8) is 0 Å². The summed E-state index contributed by atoms with van der Waals surface area (Å²) in [5, 5.41) is 2.87. The molecule has 0 spiro atoms. The summed E-state index contributed by atoms with van der Waals surface area (Å²) >= 11 is 1.60. The van der Waals surface area contributed by atoms with E-state index < -0.39 is 0 Å². The first-order chi connectivity index (χ1) is 12.8. The minimum absolute atomic E-state index is 0.227. The molecule has 0 aliphatic carbocycles. The van der Waals surface area contributed by atoms with Crippen LogP contribution in [-0.4, -0.2) is 24.0 Å². The summed E-state index contributed by atoms with van der Waals surface area (Å²) in [6.07, 6.45) is 3.69. The third-order valence-electron chi connectivity index (χ3n) is 5.11. The van der Waals surface area contributed by atoms with Gasteiger partial charge in [-0.1, -0.05) is 29.8 Å². The summed E-state index contributed by atoms with van der Waals surface area (Å²) in [5.41, 5.74) is 3.39. The van der Waals surface area contributed by atoms with E-state index in [1.165, 1.54) is 16.0 Å². The molecule has 1 aliphatic heterocycles. The van der Waals surface area contributed by atoms with Gasteiger partial charge in [-0.25, -0.2) is 4.79 Å². The van der Waals surface area contributed by atoms with E-state index in [1.807, 2.05) is 13.0 Å². The lowest BCUT2D eigenvalue weighted by Crippen LogP contribution is -2.40. The Bertz CT molecular complexity index is 825. The molecule has 0 unspecified atom stereocenters. The number of benzene rings is 1. The van der Waals surface area contributed by atoms with Crippen LogP contribution in [0.1, 0.15) is 57.4 Å². The quantitative estimate of drug-likeness (QED) is 0.651. The van der Waals surface area contributed by atoms with Gasteiger partial charge < -0.3 is 10.1 Å². The van der Waals surface area contributed by atoms with Crippen molar-refractivity contribution in [2.24, 2.45) is 0 Å². The molecule has 3 rings (SSSR count). The molecule has 5 heteroatoms. The van der Waals surface area contributed by atoms with Crippen molar-refractivity contribution in [3.8, 4) is 0 Å². The van der Waals surface area contributed by atoms with E-state index in [0.717, 1.165) is 36.1 Å². The molecule has 2 heterocycles. The van der Waals surface area contributed by atoms with Gasteiger partial charge in [-0.2, -0.15) is 0 Å². The Kier molecular flexibility index (Phi) is 6.00. The Morgan fingerprint density at radius 3 is 2.63 bits per heavy atom. The number of rotatable bonds is 8. The van der Waals surface area contributed by atoms with Gasteiger partial charge >= 0.3 is 6.09 Å². The summed E-state index contributed by atoms with van der Waals surface area (Å²) < 4.78 is 5.02. The normalized spacial score (nSPS) is 19.0. The average molecular weight is 386 g/mol. The molecule has 1 fully saturated rings. The molecule has 27 heavy (non-hydrogen) atoms. The van der Waals surface area contributed by atoms with Crippen LogP contribution >= 0.6 is 11.3 Å². The molecule has 0 saturated carbocycles. The standard InChI is InChI=1S/C22H27NO3S/c1-15-7-9-17(10-8-15)5-4-6-18(24)20-13-16(2)19(27-20)11-12-22(3)14-26-21(25)23-22/h7-10,13H,4-6,11-12,14H2,1-3H3,(H,23,25)/t22-/m1/s1. The van der Waals surface area contributed by atoms with E-state index in [-0.39, 0.29) is 17.4 Å². The molecule has 1 aromatic carbocycles. The van der Waals surface area contributed by atoms with Gasteiger partial charge in [0.05, 0.1) is 10.4 Å². The zero-order chi connectivity index (χ0) is 19.4. The number of carbonyl (C=O) groups excluding carboxylic acids is 2. The number of thiophene rings is 1. The fourth-order valence-electron chi connectivity index (χ4n) is 3.30. The number of Topliss-reactive ketones (excluding diaryl/α,β-unsaturated/α-hetero) is 1. The van der Waals surface area contributed by atoms with Gasteiger partial charge in [-0.3, -0.25) is 4.79 Å². The number of amides is 1. The summed E-state index contributed by atoms with van der Waals surface area (Å²) in [7, 11) is 0. The number of ketones is 1. The largest absolute Gasteiger partial charge is 0.447 e. The van der Waals surface area contributed by atoms with Gasteiger partial charge in [0.2, 0.25) is 0 Å². The first kappa shape index (κ1) is 19.6. The van der Waals surface area contributed by atoms with Crippen LogP contribution in [0.3, 0.4) is 0 Å². The molecule has 0 bridgehead atoms. The van der Waals surface area contributed by atoms with E-state index in [2.05, 4.69) is 43.4 Å². The maximum atomic E-state index is 12.6. The number of hydrogen-bond donors (Lipinski definition) is 1. The highest BCUT2D eigenvalue weighted by molar-refractivity contribution is 7.14. The highest BCUT2D eigenvalue weighted by Crippen LogP contribution is 2.28. The SMILES string of the molecule is Cc1ccc(CCCC(=O)c2cc(C)c(CC[C@]3(C)COC(=O)N3)s2)cc1. The predicted octanol–water partition coefficient (Wildman–Crippen LogP) is 5.00. The molecule has 1 atom stereocenters. The molecule has 1 saturated heterocycles. The van der Waals surface area contributed by atoms with Crippen molar-refractivity contribution in [3.05, 3.63) is 56.8 Å². The van der Waals surface area contributed by atoms with Gasteiger partial charge in [-0.15, -0.1) is 11.3 Å².